The van der Waals surface area contributed by atoms with Crippen molar-refractivity contribution in [1.82, 2.24) is 24.8 Å². The third kappa shape index (κ3) is 4.17. The SMILES string of the molecule is O=C(CSc1nc2ccccc2o1)NCCn1ccnc1-c1ccccn1. The molecule has 0 aliphatic carbocycles. The van der Waals surface area contributed by atoms with Crippen molar-refractivity contribution >= 4 is 28.8 Å². The summed E-state index contributed by atoms with van der Waals surface area (Å²) in [6, 6.07) is 13.2. The number of hydrogen-bond acceptors (Lipinski definition) is 6. The molecule has 1 amide bonds. The summed E-state index contributed by atoms with van der Waals surface area (Å²) in [7, 11) is 0. The summed E-state index contributed by atoms with van der Waals surface area (Å²) in [4.78, 5) is 25.1. The molecule has 0 saturated carbocycles. The molecule has 0 fully saturated rings. The Balaban J connectivity index is 1.27. The lowest BCUT2D eigenvalue weighted by atomic mass is 10.3. The van der Waals surface area contributed by atoms with Gasteiger partial charge in [0, 0.05) is 31.7 Å². The van der Waals surface area contributed by atoms with Crippen LogP contribution >= 0.6 is 11.8 Å². The lowest BCUT2D eigenvalue weighted by Crippen LogP contribution is -2.28. The van der Waals surface area contributed by atoms with E-state index in [0.717, 1.165) is 22.6 Å². The zero-order chi connectivity index (χ0) is 18.5. The summed E-state index contributed by atoms with van der Waals surface area (Å²) >= 11 is 1.28. The summed E-state index contributed by atoms with van der Waals surface area (Å²) < 4.78 is 7.57. The van der Waals surface area contributed by atoms with Crippen LogP contribution in [-0.4, -0.2) is 37.7 Å². The van der Waals surface area contributed by atoms with Crippen LogP contribution in [-0.2, 0) is 11.3 Å². The molecule has 136 valence electrons. The fraction of sp³-hybridized carbons (Fsp3) is 0.158. The van der Waals surface area contributed by atoms with Crippen LogP contribution in [0, 0.1) is 0 Å². The average molecular weight is 379 g/mol. The maximum Gasteiger partial charge on any atom is 0.257 e. The van der Waals surface area contributed by atoms with Crippen LogP contribution in [0.15, 0.2) is 70.7 Å². The van der Waals surface area contributed by atoms with Crippen molar-refractivity contribution in [3.63, 3.8) is 0 Å². The summed E-state index contributed by atoms with van der Waals surface area (Å²) in [5, 5.41) is 3.40. The predicted molar refractivity (Wildman–Crippen MR) is 103 cm³/mol. The van der Waals surface area contributed by atoms with Gasteiger partial charge in [0.15, 0.2) is 11.4 Å². The number of thioether (sulfide) groups is 1. The van der Waals surface area contributed by atoms with Crippen molar-refractivity contribution in [3.05, 3.63) is 61.1 Å². The second-order valence-electron chi connectivity index (χ2n) is 5.75. The summed E-state index contributed by atoms with van der Waals surface area (Å²) in [6.07, 6.45) is 5.34. The van der Waals surface area contributed by atoms with E-state index in [0.29, 0.717) is 18.3 Å². The van der Waals surface area contributed by atoms with Crippen LogP contribution in [0.4, 0.5) is 0 Å². The largest absolute Gasteiger partial charge is 0.431 e. The quantitative estimate of drug-likeness (QED) is 0.497. The van der Waals surface area contributed by atoms with E-state index in [4.69, 9.17) is 4.42 Å². The molecule has 0 bridgehead atoms. The number of carbonyl (C=O) groups excluding carboxylic acids is 1. The highest BCUT2D eigenvalue weighted by Gasteiger charge is 2.10. The van der Waals surface area contributed by atoms with Gasteiger partial charge in [0.05, 0.1) is 5.75 Å². The Morgan fingerprint density at radius 1 is 1.11 bits per heavy atom. The standard InChI is InChI=1S/C19H17N5O2S/c25-17(13-27-19-23-14-5-1-2-7-16(14)26-19)21-9-11-24-12-10-22-18(24)15-6-3-4-8-20-15/h1-8,10,12H,9,11,13H2,(H,21,25). The number of benzene rings is 1. The minimum absolute atomic E-state index is 0.0678. The van der Waals surface area contributed by atoms with E-state index in [9.17, 15) is 4.79 Å². The normalized spacial score (nSPS) is 11.0. The van der Waals surface area contributed by atoms with E-state index in [1.807, 2.05) is 53.2 Å². The molecule has 1 aromatic carbocycles. The fourth-order valence-corrected chi connectivity index (χ4v) is 3.29. The molecule has 0 radical (unpaired) electrons. The van der Waals surface area contributed by atoms with Crippen molar-refractivity contribution < 1.29 is 9.21 Å². The summed E-state index contributed by atoms with van der Waals surface area (Å²) in [6.45, 7) is 1.12. The zero-order valence-corrected chi connectivity index (χ0v) is 15.2. The molecule has 0 saturated heterocycles. The van der Waals surface area contributed by atoms with E-state index in [1.165, 1.54) is 11.8 Å². The monoisotopic (exact) mass is 379 g/mol. The molecular formula is C19H17N5O2S. The van der Waals surface area contributed by atoms with Gasteiger partial charge in [-0.05, 0) is 24.3 Å². The highest BCUT2D eigenvalue weighted by Crippen LogP contribution is 2.22. The highest BCUT2D eigenvalue weighted by atomic mass is 32.2. The molecule has 1 N–H and O–H groups in total. The van der Waals surface area contributed by atoms with E-state index in [1.54, 1.807) is 12.4 Å². The maximum atomic E-state index is 12.1. The van der Waals surface area contributed by atoms with Crippen LogP contribution in [0.5, 0.6) is 0 Å². The summed E-state index contributed by atoms with van der Waals surface area (Å²) in [5.74, 6) is 0.969. The molecule has 8 heteroatoms. The number of hydrogen-bond donors (Lipinski definition) is 1. The minimum atomic E-state index is -0.0678. The molecule has 27 heavy (non-hydrogen) atoms. The minimum Gasteiger partial charge on any atom is -0.431 e. The van der Waals surface area contributed by atoms with Crippen LogP contribution < -0.4 is 5.32 Å². The molecule has 0 aliphatic heterocycles. The lowest BCUT2D eigenvalue weighted by molar-refractivity contribution is -0.118. The maximum absolute atomic E-state index is 12.1. The van der Waals surface area contributed by atoms with Gasteiger partial charge in [-0.15, -0.1) is 0 Å². The first-order chi connectivity index (χ1) is 13.3. The second kappa shape index (κ2) is 8.05. The van der Waals surface area contributed by atoms with Gasteiger partial charge >= 0.3 is 0 Å². The van der Waals surface area contributed by atoms with Gasteiger partial charge in [-0.3, -0.25) is 9.78 Å². The van der Waals surface area contributed by atoms with Crippen molar-refractivity contribution in [2.45, 2.75) is 11.8 Å². The molecule has 0 aliphatic rings. The van der Waals surface area contributed by atoms with Gasteiger partial charge in [0.1, 0.15) is 11.2 Å². The highest BCUT2D eigenvalue weighted by molar-refractivity contribution is 7.99. The van der Waals surface area contributed by atoms with Gasteiger partial charge in [-0.25, -0.2) is 9.97 Å². The number of rotatable bonds is 7. The number of fused-ring (bicyclic) bond motifs is 1. The van der Waals surface area contributed by atoms with Crippen LogP contribution in [0.3, 0.4) is 0 Å². The number of nitrogens with zero attached hydrogens (tertiary/aromatic N) is 4. The van der Waals surface area contributed by atoms with Gasteiger partial charge in [-0.2, -0.15) is 0 Å². The summed E-state index contributed by atoms with van der Waals surface area (Å²) in [5.41, 5.74) is 2.32. The van der Waals surface area contributed by atoms with Gasteiger partial charge in [0.25, 0.3) is 5.22 Å². The van der Waals surface area contributed by atoms with E-state index >= 15 is 0 Å². The first-order valence-corrected chi connectivity index (χ1v) is 9.46. The van der Waals surface area contributed by atoms with Crippen LogP contribution in [0.2, 0.25) is 0 Å². The second-order valence-corrected chi connectivity index (χ2v) is 6.67. The number of para-hydroxylation sites is 2. The Hall–Kier alpha value is -3.13. The molecular weight excluding hydrogens is 362 g/mol. The van der Waals surface area contributed by atoms with Crippen molar-refractivity contribution in [2.75, 3.05) is 12.3 Å². The van der Waals surface area contributed by atoms with E-state index in [-0.39, 0.29) is 11.7 Å². The molecule has 3 aromatic heterocycles. The third-order valence-corrected chi connectivity index (χ3v) is 4.71. The predicted octanol–water partition coefficient (Wildman–Crippen LogP) is 2.99. The number of amides is 1. The number of imidazole rings is 1. The lowest BCUT2D eigenvalue weighted by Gasteiger charge is -2.08. The van der Waals surface area contributed by atoms with Gasteiger partial charge in [0.2, 0.25) is 5.91 Å². The molecule has 4 rings (SSSR count). The topological polar surface area (TPSA) is 85.8 Å². The molecule has 0 unspecified atom stereocenters. The Bertz CT molecular complexity index is 1010. The van der Waals surface area contributed by atoms with Crippen molar-refractivity contribution in [3.8, 4) is 11.5 Å². The molecule has 0 spiro atoms. The molecule has 3 heterocycles. The van der Waals surface area contributed by atoms with Crippen molar-refractivity contribution in [2.24, 2.45) is 0 Å². The number of pyridine rings is 1. The Kier molecular flexibility index (Phi) is 5.15. The molecule has 7 nitrogen and oxygen atoms in total. The smallest absolute Gasteiger partial charge is 0.257 e. The molecule has 0 atom stereocenters. The van der Waals surface area contributed by atoms with Crippen LogP contribution in [0.1, 0.15) is 0 Å². The van der Waals surface area contributed by atoms with Crippen LogP contribution in [0.25, 0.3) is 22.6 Å². The Labute approximate surface area is 159 Å². The van der Waals surface area contributed by atoms with E-state index in [2.05, 4.69) is 20.3 Å². The zero-order valence-electron chi connectivity index (χ0n) is 14.4. The first-order valence-electron chi connectivity index (χ1n) is 8.47. The Morgan fingerprint density at radius 3 is 2.85 bits per heavy atom. The number of aromatic nitrogens is 4. The molecule has 4 aromatic rings. The Morgan fingerprint density at radius 2 is 2.00 bits per heavy atom. The van der Waals surface area contributed by atoms with Crippen molar-refractivity contribution in [1.29, 1.82) is 0 Å². The third-order valence-electron chi connectivity index (χ3n) is 3.89. The number of nitrogens with one attached hydrogen (secondary N) is 1. The first kappa shape index (κ1) is 17.3. The van der Waals surface area contributed by atoms with Gasteiger partial charge in [-0.1, -0.05) is 30.0 Å². The number of carbonyl (C=O) groups is 1. The number of oxazole rings is 1. The fourth-order valence-electron chi connectivity index (χ4n) is 2.62. The average Bonchev–Trinajstić information content (AvgIpc) is 3.33. The van der Waals surface area contributed by atoms with E-state index < -0.39 is 0 Å². The van der Waals surface area contributed by atoms with Gasteiger partial charge < -0.3 is 14.3 Å².